The Morgan fingerprint density at radius 1 is 1.70 bits per heavy atom. The molecule has 0 aliphatic carbocycles. The minimum Gasteiger partial charge on any atom is -0.460 e. The monoisotopic (exact) mass is 142 g/mol. The summed E-state index contributed by atoms with van der Waals surface area (Å²) in [5, 5.41) is 0. The number of ether oxygens (including phenoxy) is 1. The fraction of sp³-hybridized carbons (Fsp3) is 0.625. The average Bonchev–Trinajstić information content (AvgIpc) is 1.88. The molecule has 0 radical (unpaired) electrons. The van der Waals surface area contributed by atoms with Crippen molar-refractivity contribution in [2.75, 3.05) is 0 Å². The standard InChI is InChI=1S/C8H14O2/c1-4-6-8(9)10-7(3)5-2/h4,6-7H,5H2,1-3H3/b6-4-/t7-/m1/s1. The first-order chi connectivity index (χ1) is 4.70. The normalized spacial score (nSPS) is 13.5. The first-order valence-corrected chi connectivity index (χ1v) is 3.54. The van der Waals surface area contributed by atoms with Gasteiger partial charge in [0.2, 0.25) is 0 Å². The molecule has 0 aliphatic heterocycles. The fourth-order valence-electron chi connectivity index (χ4n) is 0.457. The maximum absolute atomic E-state index is 10.7. The molecule has 0 spiro atoms. The van der Waals surface area contributed by atoms with Gasteiger partial charge in [-0.2, -0.15) is 0 Å². The van der Waals surface area contributed by atoms with E-state index in [9.17, 15) is 4.79 Å². The van der Waals surface area contributed by atoms with Crippen LogP contribution in [0.4, 0.5) is 0 Å². The number of carbonyl (C=O) groups excluding carboxylic acids is 1. The van der Waals surface area contributed by atoms with E-state index < -0.39 is 0 Å². The number of rotatable bonds is 3. The van der Waals surface area contributed by atoms with Gasteiger partial charge in [-0.3, -0.25) is 0 Å². The van der Waals surface area contributed by atoms with Crippen molar-refractivity contribution in [2.45, 2.75) is 33.3 Å². The van der Waals surface area contributed by atoms with Crippen LogP contribution >= 0.6 is 0 Å². The van der Waals surface area contributed by atoms with Crippen LogP contribution in [0.3, 0.4) is 0 Å². The molecule has 2 nitrogen and oxygen atoms in total. The molecule has 0 heterocycles. The summed E-state index contributed by atoms with van der Waals surface area (Å²) >= 11 is 0. The van der Waals surface area contributed by atoms with Crippen LogP contribution < -0.4 is 0 Å². The smallest absolute Gasteiger partial charge is 0.330 e. The van der Waals surface area contributed by atoms with Gasteiger partial charge in [0.25, 0.3) is 0 Å². The van der Waals surface area contributed by atoms with Crippen LogP contribution in [0.5, 0.6) is 0 Å². The summed E-state index contributed by atoms with van der Waals surface area (Å²) in [6, 6.07) is 0. The SMILES string of the molecule is C/C=C\C(=O)O[C@H](C)CC. The van der Waals surface area contributed by atoms with Crippen molar-refractivity contribution in [3.63, 3.8) is 0 Å². The summed E-state index contributed by atoms with van der Waals surface area (Å²) in [7, 11) is 0. The molecule has 10 heavy (non-hydrogen) atoms. The highest BCUT2D eigenvalue weighted by molar-refractivity contribution is 5.81. The fourth-order valence-corrected chi connectivity index (χ4v) is 0.457. The van der Waals surface area contributed by atoms with Gasteiger partial charge in [-0.25, -0.2) is 4.79 Å². The first kappa shape index (κ1) is 9.21. The lowest BCUT2D eigenvalue weighted by Crippen LogP contribution is -2.11. The van der Waals surface area contributed by atoms with Crippen molar-refractivity contribution in [2.24, 2.45) is 0 Å². The molecule has 1 atom stereocenters. The molecule has 0 aliphatic rings. The van der Waals surface area contributed by atoms with Crippen molar-refractivity contribution >= 4 is 5.97 Å². The van der Waals surface area contributed by atoms with Crippen LogP contribution in [0.25, 0.3) is 0 Å². The lowest BCUT2D eigenvalue weighted by molar-refractivity contribution is -0.142. The summed E-state index contributed by atoms with van der Waals surface area (Å²) in [6.07, 6.45) is 3.99. The number of hydrogen-bond donors (Lipinski definition) is 0. The second-order valence-corrected chi connectivity index (χ2v) is 2.16. The molecular weight excluding hydrogens is 128 g/mol. The topological polar surface area (TPSA) is 26.3 Å². The van der Waals surface area contributed by atoms with Gasteiger partial charge in [0, 0.05) is 6.08 Å². The molecule has 58 valence electrons. The second kappa shape index (κ2) is 5.03. The van der Waals surface area contributed by atoms with Gasteiger partial charge >= 0.3 is 5.97 Å². The van der Waals surface area contributed by atoms with Crippen LogP contribution in [0.15, 0.2) is 12.2 Å². The van der Waals surface area contributed by atoms with Crippen LogP contribution in [-0.2, 0) is 9.53 Å². The highest BCUT2D eigenvalue weighted by Gasteiger charge is 2.01. The first-order valence-electron chi connectivity index (χ1n) is 3.54. The molecule has 0 saturated carbocycles. The molecule has 0 rings (SSSR count). The Morgan fingerprint density at radius 2 is 2.30 bits per heavy atom. The molecule has 0 fully saturated rings. The molecule has 0 N–H and O–H groups in total. The Labute approximate surface area is 61.9 Å². The van der Waals surface area contributed by atoms with E-state index in [0.29, 0.717) is 0 Å². The van der Waals surface area contributed by atoms with Gasteiger partial charge in [-0.15, -0.1) is 0 Å². The predicted molar refractivity (Wildman–Crippen MR) is 40.7 cm³/mol. The summed E-state index contributed by atoms with van der Waals surface area (Å²) in [6.45, 7) is 5.65. The van der Waals surface area contributed by atoms with Crippen molar-refractivity contribution in [3.8, 4) is 0 Å². The zero-order chi connectivity index (χ0) is 7.98. The Morgan fingerprint density at radius 3 is 2.70 bits per heavy atom. The van der Waals surface area contributed by atoms with E-state index >= 15 is 0 Å². The molecule has 0 aromatic heterocycles. The molecule has 0 amide bonds. The van der Waals surface area contributed by atoms with E-state index in [1.807, 2.05) is 13.8 Å². The molecule has 0 aromatic carbocycles. The molecule has 2 heteroatoms. The molecule has 0 saturated heterocycles. The van der Waals surface area contributed by atoms with Gasteiger partial charge < -0.3 is 4.74 Å². The van der Waals surface area contributed by atoms with Crippen molar-refractivity contribution in [3.05, 3.63) is 12.2 Å². The van der Waals surface area contributed by atoms with Crippen LogP contribution in [0.1, 0.15) is 27.2 Å². The molecule has 0 unspecified atom stereocenters. The highest BCUT2D eigenvalue weighted by Crippen LogP contribution is 1.96. The average molecular weight is 142 g/mol. The maximum Gasteiger partial charge on any atom is 0.330 e. The van der Waals surface area contributed by atoms with Crippen LogP contribution in [-0.4, -0.2) is 12.1 Å². The van der Waals surface area contributed by atoms with Gasteiger partial charge in [0.05, 0.1) is 6.10 Å². The third-order valence-electron chi connectivity index (χ3n) is 1.20. The maximum atomic E-state index is 10.7. The minimum atomic E-state index is -0.253. The van der Waals surface area contributed by atoms with E-state index in [4.69, 9.17) is 4.74 Å². The van der Waals surface area contributed by atoms with E-state index in [0.717, 1.165) is 6.42 Å². The number of esters is 1. The third kappa shape index (κ3) is 4.13. The second-order valence-electron chi connectivity index (χ2n) is 2.16. The van der Waals surface area contributed by atoms with Gasteiger partial charge in [-0.05, 0) is 20.3 Å². The van der Waals surface area contributed by atoms with Crippen molar-refractivity contribution in [1.29, 1.82) is 0 Å². The minimum absolute atomic E-state index is 0.0312. The zero-order valence-electron chi connectivity index (χ0n) is 6.76. The number of hydrogen-bond acceptors (Lipinski definition) is 2. The molecule has 0 aromatic rings. The van der Waals surface area contributed by atoms with E-state index in [-0.39, 0.29) is 12.1 Å². The number of allylic oxidation sites excluding steroid dienone is 1. The highest BCUT2D eigenvalue weighted by atomic mass is 16.5. The Balaban J connectivity index is 3.57. The van der Waals surface area contributed by atoms with Crippen molar-refractivity contribution in [1.82, 2.24) is 0 Å². The molecule has 0 bridgehead atoms. The number of carbonyl (C=O) groups is 1. The van der Waals surface area contributed by atoms with Gasteiger partial charge in [0.15, 0.2) is 0 Å². The summed E-state index contributed by atoms with van der Waals surface area (Å²) in [4.78, 5) is 10.7. The van der Waals surface area contributed by atoms with Crippen LogP contribution in [0, 0.1) is 0 Å². The summed E-state index contributed by atoms with van der Waals surface area (Å²) in [5.41, 5.74) is 0. The van der Waals surface area contributed by atoms with Crippen molar-refractivity contribution < 1.29 is 9.53 Å². The Hall–Kier alpha value is -0.790. The van der Waals surface area contributed by atoms with E-state index in [1.54, 1.807) is 13.0 Å². The Bertz CT molecular complexity index is 127. The lowest BCUT2D eigenvalue weighted by Gasteiger charge is -2.07. The Kier molecular flexibility index (Phi) is 4.63. The van der Waals surface area contributed by atoms with Crippen LogP contribution in [0.2, 0.25) is 0 Å². The molecular formula is C8H14O2. The van der Waals surface area contributed by atoms with E-state index in [2.05, 4.69) is 0 Å². The quantitative estimate of drug-likeness (QED) is 0.444. The lowest BCUT2D eigenvalue weighted by atomic mass is 10.3. The van der Waals surface area contributed by atoms with E-state index in [1.165, 1.54) is 6.08 Å². The van der Waals surface area contributed by atoms with Gasteiger partial charge in [0.1, 0.15) is 0 Å². The predicted octanol–water partition coefficient (Wildman–Crippen LogP) is 1.90. The largest absolute Gasteiger partial charge is 0.460 e. The summed E-state index contributed by atoms with van der Waals surface area (Å²) in [5.74, 6) is -0.253. The third-order valence-corrected chi connectivity index (χ3v) is 1.20. The summed E-state index contributed by atoms with van der Waals surface area (Å²) < 4.78 is 4.91. The zero-order valence-corrected chi connectivity index (χ0v) is 6.76. The van der Waals surface area contributed by atoms with Gasteiger partial charge in [-0.1, -0.05) is 13.0 Å².